The molecule has 6 nitrogen and oxygen atoms in total. The number of carbonyl (C=O) groups is 2. The van der Waals surface area contributed by atoms with E-state index in [0.717, 1.165) is 0 Å². The Morgan fingerprint density at radius 3 is 2.35 bits per heavy atom. The fourth-order valence-corrected chi connectivity index (χ4v) is 2.25. The highest BCUT2D eigenvalue weighted by atomic mass is 16.5. The zero-order valence-corrected chi connectivity index (χ0v) is 14.3. The molecule has 2 N–H and O–H groups in total. The van der Waals surface area contributed by atoms with Crippen LogP contribution in [0.25, 0.3) is 0 Å². The second-order valence-corrected chi connectivity index (χ2v) is 6.56. The number of hydrogen-bond donors (Lipinski definition) is 2. The lowest BCUT2D eigenvalue weighted by Crippen LogP contribution is -2.32. The van der Waals surface area contributed by atoms with E-state index in [0.29, 0.717) is 23.5 Å². The number of aliphatic carboxylic acids is 1. The minimum atomic E-state index is -0.996. The van der Waals surface area contributed by atoms with Gasteiger partial charge in [-0.2, -0.15) is 0 Å². The normalized spacial score (nSPS) is 12.4. The summed E-state index contributed by atoms with van der Waals surface area (Å²) in [4.78, 5) is 23.3. The van der Waals surface area contributed by atoms with E-state index in [1.54, 1.807) is 18.2 Å². The predicted molar refractivity (Wildman–Crippen MR) is 86.8 cm³/mol. The van der Waals surface area contributed by atoms with Gasteiger partial charge in [0.25, 0.3) is 0 Å². The van der Waals surface area contributed by atoms with Crippen molar-refractivity contribution in [2.24, 2.45) is 5.41 Å². The number of methoxy groups -OCH3 is 2. The molecule has 0 heterocycles. The van der Waals surface area contributed by atoms with Gasteiger partial charge in [-0.25, -0.2) is 0 Å². The van der Waals surface area contributed by atoms with E-state index in [2.05, 4.69) is 5.32 Å². The van der Waals surface area contributed by atoms with Crippen molar-refractivity contribution in [1.82, 2.24) is 5.32 Å². The average Bonchev–Trinajstić information content (AvgIpc) is 2.43. The molecule has 1 amide bonds. The van der Waals surface area contributed by atoms with Crippen LogP contribution in [0.4, 0.5) is 0 Å². The van der Waals surface area contributed by atoms with Crippen LogP contribution < -0.4 is 14.8 Å². The summed E-state index contributed by atoms with van der Waals surface area (Å²) < 4.78 is 10.4. The van der Waals surface area contributed by atoms with Crippen LogP contribution in [0.1, 0.15) is 45.2 Å². The Bertz CT molecular complexity index is 563. The van der Waals surface area contributed by atoms with Crippen LogP contribution in [0, 0.1) is 5.41 Å². The second-order valence-electron chi connectivity index (χ2n) is 6.56. The zero-order valence-electron chi connectivity index (χ0n) is 14.3. The number of carboxylic acid groups (broad SMARTS) is 1. The summed E-state index contributed by atoms with van der Waals surface area (Å²) in [5, 5.41) is 11.9. The number of rotatable bonds is 7. The molecule has 23 heavy (non-hydrogen) atoms. The second kappa shape index (κ2) is 7.85. The van der Waals surface area contributed by atoms with E-state index in [-0.39, 0.29) is 17.7 Å². The molecule has 0 aliphatic rings. The molecule has 0 aliphatic heterocycles. The number of hydrogen-bond acceptors (Lipinski definition) is 4. The number of nitrogens with one attached hydrogen (secondary N) is 1. The fraction of sp³-hybridized carbons (Fsp3) is 0.529. The molecule has 0 fully saturated rings. The van der Waals surface area contributed by atoms with E-state index in [9.17, 15) is 9.59 Å². The Labute approximate surface area is 136 Å². The minimum Gasteiger partial charge on any atom is -0.497 e. The van der Waals surface area contributed by atoms with Crippen LogP contribution in [0.2, 0.25) is 0 Å². The van der Waals surface area contributed by atoms with Gasteiger partial charge in [-0.15, -0.1) is 0 Å². The number of ether oxygens (including phenoxy) is 2. The first-order chi connectivity index (χ1) is 10.7. The summed E-state index contributed by atoms with van der Waals surface area (Å²) in [5.41, 5.74) is 0.431. The lowest BCUT2D eigenvalue weighted by molar-refractivity contribution is -0.137. The maximum Gasteiger partial charge on any atom is 0.305 e. The molecule has 6 heteroatoms. The van der Waals surface area contributed by atoms with Crippen molar-refractivity contribution in [3.05, 3.63) is 23.8 Å². The summed E-state index contributed by atoms with van der Waals surface area (Å²) in [5.74, 6) is -0.113. The van der Waals surface area contributed by atoms with E-state index in [1.807, 2.05) is 20.8 Å². The van der Waals surface area contributed by atoms with Gasteiger partial charge in [-0.05, 0) is 17.5 Å². The van der Waals surface area contributed by atoms with Crippen LogP contribution >= 0.6 is 0 Å². The van der Waals surface area contributed by atoms with Gasteiger partial charge in [-0.3, -0.25) is 9.59 Å². The van der Waals surface area contributed by atoms with Crippen molar-refractivity contribution in [1.29, 1.82) is 0 Å². The Hall–Kier alpha value is -2.24. The highest BCUT2D eigenvalue weighted by Crippen LogP contribution is 2.31. The molecular weight excluding hydrogens is 298 g/mol. The highest BCUT2D eigenvalue weighted by molar-refractivity contribution is 5.78. The fourth-order valence-electron chi connectivity index (χ4n) is 2.25. The van der Waals surface area contributed by atoms with Crippen LogP contribution in [0.3, 0.4) is 0 Å². The molecule has 0 bridgehead atoms. The van der Waals surface area contributed by atoms with Crippen LogP contribution in [0.15, 0.2) is 18.2 Å². The Balaban J connectivity index is 3.06. The summed E-state index contributed by atoms with van der Waals surface area (Å²) in [7, 11) is 3.03. The summed E-state index contributed by atoms with van der Waals surface area (Å²) >= 11 is 0. The van der Waals surface area contributed by atoms with Crippen molar-refractivity contribution in [3.63, 3.8) is 0 Å². The third kappa shape index (κ3) is 6.18. The zero-order chi connectivity index (χ0) is 17.6. The molecule has 0 saturated carbocycles. The van der Waals surface area contributed by atoms with Crippen LogP contribution in [-0.2, 0) is 9.59 Å². The van der Waals surface area contributed by atoms with E-state index < -0.39 is 12.0 Å². The van der Waals surface area contributed by atoms with Gasteiger partial charge in [0.05, 0.1) is 26.7 Å². The van der Waals surface area contributed by atoms with Gasteiger partial charge in [-0.1, -0.05) is 20.8 Å². The lowest BCUT2D eigenvalue weighted by atomic mass is 9.91. The summed E-state index contributed by atoms with van der Waals surface area (Å²) in [6.45, 7) is 5.85. The largest absolute Gasteiger partial charge is 0.497 e. The van der Waals surface area contributed by atoms with Gasteiger partial charge in [0.1, 0.15) is 11.5 Å². The monoisotopic (exact) mass is 323 g/mol. The number of benzene rings is 1. The van der Waals surface area contributed by atoms with E-state index >= 15 is 0 Å². The molecule has 1 atom stereocenters. The lowest BCUT2D eigenvalue weighted by Gasteiger charge is -2.23. The Morgan fingerprint density at radius 2 is 1.87 bits per heavy atom. The van der Waals surface area contributed by atoms with Gasteiger partial charge >= 0.3 is 5.97 Å². The Kier molecular flexibility index (Phi) is 6.42. The number of carbonyl (C=O) groups excluding carboxylic acids is 1. The van der Waals surface area contributed by atoms with E-state index in [4.69, 9.17) is 14.6 Å². The molecule has 128 valence electrons. The molecule has 0 spiro atoms. The summed E-state index contributed by atoms with van der Waals surface area (Å²) in [6, 6.07) is 4.42. The van der Waals surface area contributed by atoms with Crippen molar-refractivity contribution < 1.29 is 24.2 Å². The first-order valence-electron chi connectivity index (χ1n) is 7.39. The van der Waals surface area contributed by atoms with Crippen LogP contribution in [-0.4, -0.2) is 31.2 Å². The van der Waals surface area contributed by atoms with Gasteiger partial charge in [0, 0.05) is 18.1 Å². The maximum atomic E-state index is 12.2. The SMILES string of the molecule is COc1ccc(C(CC(=O)O)NC(=O)CC(C)(C)C)c(OC)c1. The third-order valence-electron chi connectivity index (χ3n) is 3.22. The number of carboxylic acids is 1. The molecular formula is C17H25NO5. The van der Waals surface area contributed by atoms with Crippen molar-refractivity contribution in [3.8, 4) is 11.5 Å². The molecule has 0 saturated heterocycles. The van der Waals surface area contributed by atoms with Crippen LogP contribution in [0.5, 0.6) is 11.5 Å². The van der Waals surface area contributed by atoms with Gasteiger partial charge < -0.3 is 19.9 Å². The molecule has 0 aliphatic carbocycles. The topological polar surface area (TPSA) is 84.9 Å². The average molecular weight is 323 g/mol. The summed E-state index contributed by atoms with van der Waals surface area (Å²) in [6.07, 6.45) is 0.0835. The standard InChI is InChI=1S/C17H25NO5/c1-17(2,3)10-15(19)18-13(9-16(20)21)12-7-6-11(22-4)8-14(12)23-5/h6-8,13H,9-10H2,1-5H3,(H,18,19)(H,20,21). The molecule has 0 radical (unpaired) electrons. The smallest absolute Gasteiger partial charge is 0.305 e. The molecule has 1 aromatic rings. The Morgan fingerprint density at radius 1 is 1.22 bits per heavy atom. The predicted octanol–water partition coefficient (Wildman–Crippen LogP) is 2.77. The van der Waals surface area contributed by atoms with Crippen molar-refractivity contribution in [2.75, 3.05) is 14.2 Å². The van der Waals surface area contributed by atoms with Gasteiger partial charge in [0.15, 0.2) is 0 Å². The van der Waals surface area contributed by atoms with E-state index in [1.165, 1.54) is 14.2 Å². The molecule has 0 aromatic heterocycles. The molecule has 1 rings (SSSR count). The first kappa shape index (κ1) is 18.8. The first-order valence-corrected chi connectivity index (χ1v) is 7.39. The van der Waals surface area contributed by atoms with Gasteiger partial charge in [0.2, 0.25) is 5.91 Å². The highest BCUT2D eigenvalue weighted by Gasteiger charge is 2.24. The molecule has 1 unspecified atom stereocenters. The quantitative estimate of drug-likeness (QED) is 0.806. The maximum absolute atomic E-state index is 12.2. The number of amides is 1. The molecule has 1 aromatic carbocycles. The van der Waals surface area contributed by atoms with Crippen molar-refractivity contribution in [2.45, 2.75) is 39.7 Å². The third-order valence-corrected chi connectivity index (χ3v) is 3.22. The minimum absolute atomic E-state index is 0.179. The van der Waals surface area contributed by atoms with Crippen molar-refractivity contribution >= 4 is 11.9 Å².